The van der Waals surface area contributed by atoms with Crippen LogP contribution in [0.2, 0.25) is 0 Å². The van der Waals surface area contributed by atoms with Gasteiger partial charge in [-0.15, -0.1) is 0 Å². The zero-order valence-corrected chi connectivity index (χ0v) is 12.2. The molecule has 0 atom stereocenters. The second kappa shape index (κ2) is 7.36. The van der Waals surface area contributed by atoms with Crippen molar-refractivity contribution in [1.29, 1.82) is 0 Å². The first kappa shape index (κ1) is 15.7. The van der Waals surface area contributed by atoms with E-state index in [-0.39, 0.29) is 17.6 Å². The monoisotopic (exact) mass is 300 g/mol. The van der Waals surface area contributed by atoms with Gasteiger partial charge in [0.25, 0.3) is 0 Å². The van der Waals surface area contributed by atoms with Gasteiger partial charge >= 0.3 is 6.03 Å². The number of Topliss-reactive ketones (excluding diaryl/α,β-unsaturated/α-hetero) is 1. The van der Waals surface area contributed by atoms with E-state index in [0.717, 1.165) is 5.56 Å². The molecule has 22 heavy (non-hydrogen) atoms. The molecule has 4 nitrogen and oxygen atoms in total. The van der Waals surface area contributed by atoms with Gasteiger partial charge in [0.2, 0.25) is 0 Å². The molecule has 0 bridgehead atoms. The summed E-state index contributed by atoms with van der Waals surface area (Å²) >= 11 is 0. The molecule has 0 aliphatic carbocycles. The number of benzene rings is 2. The number of ketones is 1. The molecule has 0 aromatic heterocycles. The molecule has 5 heteroatoms. The summed E-state index contributed by atoms with van der Waals surface area (Å²) in [5.74, 6) is -0.333. The summed E-state index contributed by atoms with van der Waals surface area (Å²) in [6.45, 7) is 1.91. The first-order valence-electron chi connectivity index (χ1n) is 6.95. The minimum Gasteiger partial charge on any atom is -0.338 e. The van der Waals surface area contributed by atoms with E-state index in [9.17, 15) is 14.0 Å². The van der Waals surface area contributed by atoms with E-state index in [0.29, 0.717) is 24.2 Å². The highest BCUT2D eigenvalue weighted by molar-refractivity contribution is 5.96. The van der Waals surface area contributed by atoms with Crippen LogP contribution in [0.1, 0.15) is 22.8 Å². The molecule has 0 aliphatic heterocycles. The van der Waals surface area contributed by atoms with Crippen LogP contribution in [0.25, 0.3) is 0 Å². The Bertz CT molecular complexity index is 669. The molecule has 0 spiro atoms. The third-order valence-electron chi connectivity index (χ3n) is 3.14. The Kier molecular flexibility index (Phi) is 5.25. The summed E-state index contributed by atoms with van der Waals surface area (Å²) in [4.78, 5) is 23.1. The second-order valence-electron chi connectivity index (χ2n) is 4.89. The zero-order chi connectivity index (χ0) is 15.9. The predicted octanol–water partition coefficient (Wildman–Crippen LogP) is 3.39. The molecular weight excluding hydrogens is 283 g/mol. The molecule has 114 valence electrons. The fourth-order valence-corrected chi connectivity index (χ4v) is 1.96. The van der Waals surface area contributed by atoms with Crippen molar-refractivity contribution in [2.75, 3.05) is 11.9 Å². The van der Waals surface area contributed by atoms with Crippen LogP contribution in [0.15, 0.2) is 48.5 Å². The van der Waals surface area contributed by atoms with Crippen LogP contribution >= 0.6 is 0 Å². The van der Waals surface area contributed by atoms with E-state index in [1.807, 2.05) is 0 Å². The number of urea groups is 1. The summed E-state index contributed by atoms with van der Waals surface area (Å²) in [7, 11) is 0. The van der Waals surface area contributed by atoms with Gasteiger partial charge in [-0.1, -0.05) is 24.3 Å². The summed E-state index contributed by atoms with van der Waals surface area (Å²) in [5.41, 5.74) is 2.05. The van der Waals surface area contributed by atoms with Crippen molar-refractivity contribution in [3.05, 3.63) is 65.5 Å². The van der Waals surface area contributed by atoms with Gasteiger partial charge in [-0.2, -0.15) is 0 Å². The molecule has 0 unspecified atom stereocenters. The number of carbonyl (C=O) groups is 2. The number of rotatable bonds is 5. The Morgan fingerprint density at radius 3 is 2.50 bits per heavy atom. The van der Waals surface area contributed by atoms with Gasteiger partial charge in [-0.25, -0.2) is 9.18 Å². The van der Waals surface area contributed by atoms with Crippen LogP contribution in [-0.2, 0) is 6.42 Å². The van der Waals surface area contributed by atoms with Gasteiger partial charge in [0.05, 0.1) is 0 Å². The highest BCUT2D eigenvalue weighted by Gasteiger charge is 2.04. The van der Waals surface area contributed by atoms with Crippen LogP contribution in [0.5, 0.6) is 0 Å². The molecule has 0 saturated carbocycles. The highest BCUT2D eigenvalue weighted by Crippen LogP contribution is 2.11. The second-order valence-corrected chi connectivity index (χ2v) is 4.89. The molecule has 2 amide bonds. The Balaban J connectivity index is 1.81. The Morgan fingerprint density at radius 2 is 1.82 bits per heavy atom. The number of hydrogen-bond donors (Lipinski definition) is 2. The maximum absolute atomic E-state index is 12.8. The van der Waals surface area contributed by atoms with E-state index >= 15 is 0 Å². The first-order chi connectivity index (χ1) is 10.5. The molecule has 2 N–H and O–H groups in total. The van der Waals surface area contributed by atoms with Crippen LogP contribution < -0.4 is 10.6 Å². The van der Waals surface area contributed by atoms with Crippen molar-refractivity contribution >= 4 is 17.5 Å². The van der Waals surface area contributed by atoms with Crippen molar-refractivity contribution in [2.24, 2.45) is 0 Å². The number of halogens is 1. The molecular formula is C17H17FN2O2. The van der Waals surface area contributed by atoms with Gasteiger partial charge in [0, 0.05) is 17.8 Å². The lowest BCUT2D eigenvalue weighted by Crippen LogP contribution is -2.30. The molecule has 0 fully saturated rings. The summed E-state index contributed by atoms with van der Waals surface area (Å²) in [6.07, 6.45) is 0.612. The Morgan fingerprint density at radius 1 is 1.09 bits per heavy atom. The standard InChI is InChI=1S/C17H17FN2O2/c1-12(21)14-3-2-4-16(11-14)20-17(22)19-10-9-13-5-7-15(18)8-6-13/h2-8,11H,9-10H2,1H3,(H2,19,20,22). The minimum absolute atomic E-state index is 0.0552. The van der Waals surface area contributed by atoms with Crippen LogP contribution in [0.4, 0.5) is 14.9 Å². The highest BCUT2D eigenvalue weighted by atomic mass is 19.1. The normalized spacial score (nSPS) is 10.1. The third-order valence-corrected chi connectivity index (χ3v) is 3.14. The fraction of sp³-hybridized carbons (Fsp3) is 0.176. The molecule has 0 aliphatic rings. The zero-order valence-electron chi connectivity index (χ0n) is 12.2. The Labute approximate surface area is 128 Å². The lowest BCUT2D eigenvalue weighted by Gasteiger charge is -2.08. The Hall–Kier alpha value is -2.69. The van der Waals surface area contributed by atoms with Gasteiger partial charge in [0.1, 0.15) is 5.82 Å². The van der Waals surface area contributed by atoms with E-state index in [2.05, 4.69) is 10.6 Å². The molecule has 2 aromatic rings. The first-order valence-corrected chi connectivity index (χ1v) is 6.95. The number of nitrogens with one attached hydrogen (secondary N) is 2. The summed E-state index contributed by atoms with van der Waals surface area (Å²) in [6, 6.07) is 12.6. The van der Waals surface area contributed by atoms with Crippen molar-refractivity contribution in [3.8, 4) is 0 Å². The van der Waals surface area contributed by atoms with Crippen LogP contribution in [0, 0.1) is 5.82 Å². The smallest absolute Gasteiger partial charge is 0.319 e. The number of hydrogen-bond acceptors (Lipinski definition) is 2. The number of anilines is 1. The van der Waals surface area contributed by atoms with Crippen LogP contribution in [-0.4, -0.2) is 18.4 Å². The lowest BCUT2D eigenvalue weighted by molar-refractivity contribution is 0.101. The van der Waals surface area contributed by atoms with Gasteiger partial charge in [-0.05, 0) is 43.2 Å². The molecule has 2 rings (SSSR count). The maximum Gasteiger partial charge on any atom is 0.319 e. The van der Waals surface area contributed by atoms with E-state index < -0.39 is 0 Å². The minimum atomic E-state index is -0.345. The van der Waals surface area contributed by atoms with Crippen molar-refractivity contribution < 1.29 is 14.0 Å². The average molecular weight is 300 g/mol. The van der Waals surface area contributed by atoms with Crippen molar-refractivity contribution in [2.45, 2.75) is 13.3 Å². The molecule has 2 aromatic carbocycles. The summed E-state index contributed by atoms with van der Waals surface area (Å²) < 4.78 is 12.8. The third kappa shape index (κ3) is 4.70. The average Bonchev–Trinajstić information content (AvgIpc) is 2.49. The van der Waals surface area contributed by atoms with Gasteiger partial charge < -0.3 is 10.6 Å². The van der Waals surface area contributed by atoms with E-state index in [1.165, 1.54) is 19.1 Å². The summed E-state index contributed by atoms with van der Waals surface area (Å²) in [5, 5.41) is 5.38. The quantitative estimate of drug-likeness (QED) is 0.832. The molecule has 0 saturated heterocycles. The number of carbonyl (C=O) groups excluding carboxylic acids is 2. The van der Waals surface area contributed by atoms with E-state index in [4.69, 9.17) is 0 Å². The van der Waals surface area contributed by atoms with Crippen molar-refractivity contribution in [1.82, 2.24) is 5.32 Å². The number of amides is 2. The lowest BCUT2D eigenvalue weighted by atomic mass is 10.1. The van der Waals surface area contributed by atoms with Gasteiger partial charge in [-0.3, -0.25) is 4.79 Å². The topological polar surface area (TPSA) is 58.2 Å². The van der Waals surface area contributed by atoms with Crippen LogP contribution in [0.3, 0.4) is 0 Å². The fourth-order valence-electron chi connectivity index (χ4n) is 1.96. The SMILES string of the molecule is CC(=O)c1cccc(NC(=O)NCCc2ccc(F)cc2)c1. The van der Waals surface area contributed by atoms with Crippen molar-refractivity contribution in [3.63, 3.8) is 0 Å². The van der Waals surface area contributed by atoms with Gasteiger partial charge in [0.15, 0.2) is 5.78 Å². The predicted molar refractivity (Wildman–Crippen MR) is 83.6 cm³/mol. The van der Waals surface area contributed by atoms with E-state index in [1.54, 1.807) is 36.4 Å². The largest absolute Gasteiger partial charge is 0.338 e. The molecule has 0 heterocycles. The maximum atomic E-state index is 12.8. The molecule has 0 radical (unpaired) electrons.